The third-order valence-electron chi connectivity index (χ3n) is 4.72. The number of rotatable bonds is 3. The molecular formula is C20H22BrNO3. The van der Waals surface area contributed by atoms with Gasteiger partial charge < -0.3 is 14.4 Å². The van der Waals surface area contributed by atoms with Gasteiger partial charge in [0, 0.05) is 22.1 Å². The van der Waals surface area contributed by atoms with E-state index in [1.807, 2.05) is 41.3 Å². The van der Waals surface area contributed by atoms with Crippen LogP contribution in [0.25, 0.3) is 0 Å². The topological polar surface area (TPSA) is 38.8 Å². The number of nitrogens with zero attached hydrogens (tertiary/aromatic N) is 1. The number of ether oxygens (including phenoxy) is 2. The first-order valence-electron chi connectivity index (χ1n) is 8.17. The molecule has 0 fully saturated rings. The van der Waals surface area contributed by atoms with Crippen LogP contribution in [-0.4, -0.2) is 30.6 Å². The maximum Gasteiger partial charge on any atom is 0.254 e. The molecule has 2 aromatic rings. The average molecular weight is 404 g/mol. The van der Waals surface area contributed by atoms with Crippen molar-refractivity contribution in [2.24, 2.45) is 0 Å². The third-order valence-corrected chi connectivity index (χ3v) is 5.25. The molecule has 0 spiro atoms. The Hall–Kier alpha value is -2.01. The zero-order chi connectivity index (χ0) is 18.2. The van der Waals surface area contributed by atoms with Gasteiger partial charge in [0.1, 0.15) is 0 Å². The predicted molar refractivity (Wildman–Crippen MR) is 101 cm³/mol. The zero-order valence-corrected chi connectivity index (χ0v) is 16.5. The van der Waals surface area contributed by atoms with E-state index in [0.717, 1.165) is 22.2 Å². The van der Waals surface area contributed by atoms with Crippen molar-refractivity contribution in [3.8, 4) is 11.5 Å². The number of benzene rings is 2. The molecule has 0 bridgehead atoms. The Labute approximate surface area is 156 Å². The molecule has 1 aliphatic heterocycles. The van der Waals surface area contributed by atoms with Crippen LogP contribution in [0.1, 0.15) is 35.3 Å². The Morgan fingerprint density at radius 1 is 1.04 bits per heavy atom. The van der Waals surface area contributed by atoms with Gasteiger partial charge in [-0.25, -0.2) is 0 Å². The lowest BCUT2D eigenvalue weighted by Crippen LogP contribution is -2.51. The molecule has 3 rings (SSSR count). The number of methoxy groups -OCH3 is 2. The van der Waals surface area contributed by atoms with Crippen LogP contribution in [0.2, 0.25) is 0 Å². The number of carbonyl (C=O) groups excluding carboxylic acids is 1. The Kier molecular flexibility index (Phi) is 4.78. The van der Waals surface area contributed by atoms with Gasteiger partial charge in [-0.2, -0.15) is 0 Å². The first-order valence-corrected chi connectivity index (χ1v) is 8.96. The molecule has 1 amide bonds. The molecule has 2 aromatic carbocycles. The molecule has 1 heterocycles. The maximum absolute atomic E-state index is 13.1. The molecule has 0 unspecified atom stereocenters. The SMILES string of the molecule is COc1cc2c(cc1OC)CC(C)(C)N(C(=O)c1ccc(Br)cc1)C2. The van der Waals surface area contributed by atoms with E-state index < -0.39 is 0 Å². The second kappa shape index (κ2) is 6.71. The van der Waals surface area contributed by atoms with Crippen LogP contribution < -0.4 is 9.47 Å². The summed E-state index contributed by atoms with van der Waals surface area (Å²) in [5.41, 5.74) is 2.71. The van der Waals surface area contributed by atoms with Crippen molar-refractivity contribution in [1.29, 1.82) is 0 Å². The van der Waals surface area contributed by atoms with Crippen LogP contribution in [0.4, 0.5) is 0 Å². The standard InChI is InChI=1S/C20H22BrNO3/c1-20(2)11-14-9-17(24-3)18(25-4)10-15(14)12-22(20)19(23)13-5-7-16(21)8-6-13/h5-10H,11-12H2,1-4H3. The maximum atomic E-state index is 13.1. The molecule has 0 aliphatic carbocycles. The predicted octanol–water partition coefficient (Wildman–Crippen LogP) is 4.44. The van der Waals surface area contributed by atoms with Crippen molar-refractivity contribution in [1.82, 2.24) is 4.90 Å². The summed E-state index contributed by atoms with van der Waals surface area (Å²) in [6.45, 7) is 4.75. The zero-order valence-electron chi connectivity index (χ0n) is 14.9. The van der Waals surface area contributed by atoms with Crippen molar-refractivity contribution >= 4 is 21.8 Å². The summed E-state index contributed by atoms with van der Waals surface area (Å²) < 4.78 is 11.8. The highest BCUT2D eigenvalue weighted by Crippen LogP contribution is 2.38. The van der Waals surface area contributed by atoms with E-state index in [1.54, 1.807) is 14.2 Å². The van der Waals surface area contributed by atoms with Gasteiger partial charge >= 0.3 is 0 Å². The highest BCUT2D eigenvalue weighted by atomic mass is 79.9. The number of fused-ring (bicyclic) bond motifs is 1. The van der Waals surface area contributed by atoms with Crippen molar-refractivity contribution in [2.75, 3.05) is 14.2 Å². The lowest BCUT2D eigenvalue weighted by Gasteiger charge is -2.43. The Bertz CT molecular complexity index is 799. The van der Waals surface area contributed by atoms with Gasteiger partial charge in [-0.1, -0.05) is 15.9 Å². The molecule has 0 N–H and O–H groups in total. The van der Waals surface area contributed by atoms with Crippen LogP contribution in [0.15, 0.2) is 40.9 Å². The molecule has 5 heteroatoms. The molecule has 0 atom stereocenters. The van der Waals surface area contributed by atoms with Crippen LogP contribution in [-0.2, 0) is 13.0 Å². The van der Waals surface area contributed by atoms with Crippen LogP contribution in [0.3, 0.4) is 0 Å². The lowest BCUT2D eigenvalue weighted by molar-refractivity contribution is 0.0488. The fourth-order valence-electron chi connectivity index (χ4n) is 3.32. The van der Waals surface area contributed by atoms with Crippen molar-refractivity contribution in [3.05, 3.63) is 57.6 Å². The number of hydrogen-bond donors (Lipinski definition) is 0. The van der Waals surface area contributed by atoms with E-state index in [1.165, 1.54) is 5.56 Å². The lowest BCUT2D eigenvalue weighted by atomic mass is 9.84. The van der Waals surface area contributed by atoms with Crippen molar-refractivity contribution in [2.45, 2.75) is 32.4 Å². The molecule has 0 saturated carbocycles. The molecule has 0 aromatic heterocycles. The second-order valence-corrected chi connectivity index (χ2v) is 7.78. The number of hydrogen-bond acceptors (Lipinski definition) is 3. The molecular weight excluding hydrogens is 382 g/mol. The van der Waals surface area contributed by atoms with E-state index >= 15 is 0 Å². The Morgan fingerprint density at radius 2 is 1.60 bits per heavy atom. The van der Waals surface area contributed by atoms with Gasteiger partial charge in [0.25, 0.3) is 5.91 Å². The number of carbonyl (C=O) groups is 1. The van der Waals surface area contributed by atoms with Gasteiger partial charge in [0.05, 0.1) is 14.2 Å². The average Bonchev–Trinajstić information content (AvgIpc) is 2.59. The minimum absolute atomic E-state index is 0.0398. The number of halogens is 1. The quantitative estimate of drug-likeness (QED) is 0.759. The van der Waals surface area contributed by atoms with Crippen molar-refractivity contribution < 1.29 is 14.3 Å². The fourth-order valence-corrected chi connectivity index (χ4v) is 3.58. The largest absolute Gasteiger partial charge is 0.493 e. The fraction of sp³-hybridized carbons (Fsp3) is 0.350. The monoisotopic (exact) mass is 403 g/mol. The summed E-state index contributed by atoms with van der Waals surface area (Å²) >= 11 is 3.41. The van der Waals surface area contributed by atoms with E-state index in [2.05, 4.69) is 29.8 Å². The summed E-state index contributed by atoms with van der Waals surface area (Å²) in [6.07, 6.45) is 0.769. The molecule has 0 radical (unpaired) electrons. The Balaban J connectivity index is 1.97. The van der Waals surface area contributed by atoms with Crippen LogP contribution in [0.5, 0.6) is 11.5 Å². The van der Waals surface area contributed by atoms with Crippen LogP contribution in [0, 0.1) is 0 Å². The molecule has 25 heavy (non-hydrogen) atoms. The third kappa shape index (κ3) is 3.38. The smallest absolute Gasteiger partial charge is 0.254 e. The van der Waals surface area contributed by atoms with E-state index in [0.29, 0.717) is 17.9 Å². The van der Waals surface area contributed by atoms with Gasteiger partial charge in [-0.15, -0.1) is 0 Å². The summed E-state index contributed by atoms with van der Waals surface area (Å²) in [7, 11) is 3.27. The minimum atomic E-state index is -0.281. The highest BCUT2D eigenvalue weighted by molar-refractivity contribution is 9.10. The highest BCUT2D eigenvalue weighted by Gasteiger charge is 2.37. The van der Waals surface area contributed by atoms with Gasteiger partial charge in [0.2, 0.25) is 0 Å². The van der Waals surface area contributed by atoms with Gasteiger partial charge in [-0.3, -0.25) is 4.79 Å². The summed E-state index contributed by atoms with van der Waals surface area (Å²) in [5, 5.41) is 0. The first kappa shape index (κ1) is 17.8. The molecule has 4 nitrogen and oxygen atoms in total. The van der Waals surface area contributed by atoms with E-state index in [4.69, 9.17) is 9.47 Å². The molecule has 0 saturated heterocycles. The molecule has 1 aliphatic rings. The Morgan fingerprint density at radius 3 is 2.16 bits per heavy atom. The first-order chi connectivity index (χ1) is 11.9. The van der Waals surface area contributed by atoms with Gasteiger partial charge in [-0.05, 0) is 67.8 Å². The summed E-state index contributed by atoms with van der Waals surface area (Å²) in [6, 6.07) is 11.5. The minimum Gasteiger partial charge on any atom is -0.493 e. The van der Waals surface area contributed by atoms with Crippen LogP contribution >= 0.6 is 15.9 Å². The van der Waals surface area contributed by atoms with Gasteiger partial charge in [0.15, 0.2) is 11.5 Å². The summed E-state index contributed by atoms with van der Waals surface area (Å²) in [5.74, 6) is 1.46. The van der Waals surface area contributed by atoms with E-state index in [-0.39, 0.29) is 11.4 Å². The number of amides is 1. The van der Waals surface area contributed by atoms with Crippen molar-refractivity contribution in [3.63, 3.8) is 0 Å². The normalized spacial score (nSPS) is 15.5. The molecule has 132 valence electrons. The second-order valence-electron chi connectivity index (χ2n) is 6.86. The summed E-state index contributed by atoms with van der Waals surface area (Å²) in [4.78, 5) is 15.0. The van der Waals surface area contributed by atoms with E-state index in [9.17, 15) is 4.79 Å².